The van der Waals surface area contributed by atoms with Crippen molar-refractivity contribution in [2.24, 2.45) is 16.8 Å². The van der Waals surface area contributed by atoms with Crippen LogP contribution in [-0.4, -0.2) is 89.0 Å². The zero-order valence-electron chi connectivity index (χ0n) is 16.9. The highest BCUT2D eigenvalue weighted by Gasteiger charge is 2.21. The summed E-state index contributed by atoms with van der Waals surface area (Å²) in [5.41, 5.74) is 0. The molecule has 0 amide bonds. The largest absolute Gasteiger partial charge is 0.383 e. The summed E-state index contributed by atoms with van der Waals surface area (Å²) in [5.74, 6) is 2.55. The standard InChI is InChI=1S/C19H38N4O2.HI/c1-4-20-19(22(2)11-14-25-16-18-5-6-18)21-15-17-7-9-23(10-8-17)12-13-24-3;/h17-18H,4-16H2,1-3H3,(H,20,21);1H. The summed E-state index contributed by atoms with van der Waals surface area (Å²) < 4.78 is 10.9. The molecule has 0 bridgehead atoms. The highest BCUT2D eigenvalue weighted by atomic mass is 127. The van der Waals surface area contributed by atoms with Gasteiger partial charge >= 0.3 is 0 Å². The van der Waals surface area contributed by atoms with Crippen LogP contribution in [0.2, 0.25) is 0 Å². The summed E-state index contributed by atoms with van der Waals surface area (Å²) in [4.78, 5) is 9.58. The van der Waals surface area contributed by atoms with Crippen LogP contribution in [0.25, 0.3) is 0 Å². The van der Waals surface area contributed by atoms with Crippen LogP contribution in [0.3, 0.4) is 0 Å². The van der Waals surface area contributed by atoms with Gasteiger partial charge in [0.15, 0.2) is 5.96 Å². The van der Waals surface area contributed by atoms with Gasteiger partial charge in [-0.05, 0) is 57.5 Å². The van der Waals surface area contributed by atoms with Crippen LogP contribution >= 0.6 is 24.0 Å². The number of hydrogen-bond donors (Lipinski definition) is 1. The normalized spacial score (nSPS) is 19.3. The summed E-state index contributed by atoms with van der Waals surface area (Å²) in [5, 5.41) is 3.41. The first-order valence-corrected chi connectivity index (χ1v) is 10.0. The Labute approximate surface area is 177 Å². The number of likely N-dealkylation sites (N-methyl/N-ethyl adjacent to an activating group) is 1. The first-order valence-electron chi connectivity index (χ1n) is 10.0. The van der Waals surface area contributed by atoms with Crippen molar-refractivity contribution < 1.29 is 9.47 Å². The Morgan fingerprint density at radius 2 is 1.88 bits per heavy atom. The Hall–Kier alpha value is -0.120. The lowest BCUT2D eigenvalue weighted by Crippen LogP contribution is -2.41. The molecule has 0 radical (unpaired) electrons. The number of piperidine rings is 1. The number of nitrogens with one attached hydrogen (secondary N) is 1. The summed E-state index contributed by atoms with van der Waals surface area (Å²) in [6.07, 6.45) is 5.18. The van der Waals surface area contributed by atoms with Crippen molar-refractivity contribution in [2.45, 2.75) is 32.6 Å². The number of likely N-dealkylation sites (tertiary alicyclic amines) is 1. The zero-order chi connectivity index (χ0) is 17.9. The molecule has 2 rings (SSSR count). The first-order chi connectivity index (χ1) is 12.2. The maximum atomic E-state index is 5.75. The summed E-state index contributed by atoms with van der Waals surface area (Å²) >= 11 is 0. The van der Waals surface area contributed by atoms with Crippen molar-refractivity contribution in [1.29, 1.82) is 0 Å². The summed E-state index contributed by atoms with van der Waals surface area (Å²) in [7, 11) is 3.88. The predicted molar refractivity (Wildman–Crippen MR) is 119 cm³/mol. The number of aliphatic imine (C=N–C) groups is 1. The van der Waals surface area contributed by atoms with Crippen LogP contribution in [0.1, 0.15) is 32.6 Å². The van der Waals surface area contributed by atoms with Crippen LogP contribution in [-0.2, 0) is 9.47 Å². The lowest BCUT2D eigenvalue weighted by atomic mass is 9.97. The number of methoxy groups -OCH3 is 1. The molecular formula is C19H39IN4O2. The lowest BCUT2D eigenvalue weighted by Gasteiger charge is -2.31. The van der Waals surface area contributed by atoms with E-state index in [0.29, 0.717) is 5.92 Å². The third-order valence-electron chi connectivity index (χ3n) is 5.14. The Morgan fingerprint density at radius 1 is 1.15 bits per heavy atom. The van der Waals surface area contributed by atoms with Gasteiger partial charge in [0.25, 0.3) is 0 Å². The molecule has 1 saturated heterocycles. The van der Waals surface area contributed by atoms with E-state index >= 15 is 0 Å². The van der Waals surface area contributed by atoms with Crippen LogP contribution < -0.4 is 5.32 Å². The SMILES string of the molecule is CCNC(=NCC1CCN(CCOC)CC1)N(C)CCOCC1CC1.I. The van der Waals surface area contributed by atoms with E-state index in [2.05, 4.69) is 29.1 Å². The molecule has 2 aliphatic rings. The van der Waals surface area contributed by atoms with Gasteiger partial charge in [-0.1, -0.05) is 0 Å². The molecular weight excluding hydrogens is 443 g/mol. The summed E-state index contributed by atoms with van der Waals surface area (Å²) in [6, 6.07) is 0. The van der Waals surface area contributed by atoms with Crippen molar-refractivity contribution in [3.63, 3.8) is 0 Å². The molecule has 0 aromatic carbocycles. The minimum absolute atomic E-state index is 0. The molecule has 0 spiro atoms. The van der Waals surface area contributed by atoms with E-state index in [0.717, 1.165) is 57.9 Å². The van der Waals surface area contributed by atoms with Crippen molar-refractivity contribution in [3.05, 3.63) is 0 Å². The predicted octanol–water partition coefficient (Wildman–Crippen LogP) is 2.29. The maximum absolute atomic E-state index is 5.75. The molecule has 0 aromatic rings. The monoisotopic (exact) mass is 482 g/mol. The molecule has 0 unspecified atom stereocenters. The van der Waals surface area contributed by atoms with E-state index in [9.17, 15) is 0 Å². The van der Waals surface area contributed by atoms with Crippen LogP contribution in [0.4, 0.5) is 0 Å². The quantitative estimate of drug-likeness (QED) is 0.212. The molecule has 1 heterocycles. The molecule has 1 saturated carbocycles. The number of rotatable bonds is 11. The molecule has 6 nitrogen and oxygen atoms in total. The van der Waals surface area contributed by atoms with Gasteiger partial charge in [-0.3, -0.25) is 4.99 Å². The molecule has 2 fully saturated rings. The highest BCUT2D eigenvalue weighted by Crippen LogP contribution is 2.28. The molecule has 0 aromatic heterocycles. The smallest absolute Gasteiger partial charge is 0.193 e. The minimum atomic E-state index is 0. The van der Waals surface area contributed by atoms with Crippen molar-refractivity contribution in [1.82, 2.24) is 15.1 Å². The van der Waals surface area contributed by atoms with Gasteiger partial charge in [-0.15, -0.1) is 24.0 Å². The zero-order valence-corrected chi connectivity index (χ0v) is 19.2. The lowest BCUT2D eigenvalue weighted by molar-refractivity contribution is 0.115. The van der Waals surface area contributed by atoms with E-state index < -0.39 is 0 Å². The second-order valence-corrected chi connectivity index (χ2v) is 7.41. The molecule has 1 N–H and O–H groups in total. The van der Waals surface area contributed by atoms with E-state index in [1.807, 2.05) is 0 Å². The average molecular weight is 482 g/mol. The van der Waals surface area contributed by atoms with E-state index in [-0.39, 0.29) is 24.0 Å². The third-order valence-corrected chi connectivity index (χ3v) is 5.14. The van der Waals surface area contributed by atoms with E-state index in [1.54, 1.807) is 7.11 Å². The van der Waals surface area contributed by atoms with Crippen molar-refractivity contribution in [3.8, 4) is 0 Å². The third kappa shape index (κ3) is 9.71. The molecule has 0 atom stereocenters. The maximum Gasteiger partial charge on any atom is 0.193 e. The van der Waals surface area contributed by atoms with Gasteiger partial charge in [-0.25, -0.2) is 0 Å². The fraction of sp³-hybridized carbons (Fsp3) is 0.947. The second-order valence-electron chi connectivity index (χ2n) is 7.41. The van der Waals surface area contributed by atoms with Gasteiger partial charge in [0.05, 0.1) is 13.2 Å². The van der Waals surface area contributed by atoms with Gasteiger partial charge in [0.1, 0.15) is 0 Å². The molecule has 7 heteroatoms. The van der Waals surface area contributed by atoms with Gasteiger partial charge in [0.2, 0.25) is 0 Å². The Morgan fingerprint density at radius 3 is 2.50 bits per heavy atom. The number of hydrogen-bond acceptors (Lipinski definition) is 4. The minimum Gasteiger partial charge on any atom is -0.383 e. The number of halogens is 1. The second kappa shape index (κ2) is 14.0. The van der Waals surface area contributed by atoms with Crippen LogP contribution in [0, 0.1) is 11.8 Å². The van der Waals surface area contributed by atoms with Crippen molar-refractivity contribution >= 4 is 29.9 Å². The van der Waals surface area contributed by atoms with Crippen molar-refractivity contribution in [2.75, 3.05) is 73.2 Å². The van der Waals surface area contributed by atoms with Gasteiger partial charge in [0, 0.05) is 46.9 Å². The molecule has 1 aliphatic heterocycles. The van der Waals surface area contributed by atoms with Crippen LogP contribution in [0.15, 0.2) is 4.99 Å². The van der Waals surface area contributed by atoms with E-state index in [1.165, 1.54) is 38.8 Å². The first kappa shape index (κ1) is 23.9. The van der Waals surface area contributed by atoms with Crippen LogP contribution in [0.5, 0.6) is 0 Å². The van der Waals surface area contributed by atoms with E-state index in [4.69, 9.17) is 14.5 Å². The molecule has 154 valence electrons. The fourth-order valence-corrected chi connectivity index (χ4v) is 3.14. The molecule has 1 aliphatic carbocycles. The highest BCUT2D eigenvalue weighted by molar-refractivity contribution is 14.0. The molecule has 26 heavy (non-hydrogen) atoms. The number of nitrogens with zero attached hydrogens (tertiary/aromatic N) is 3. The topological polar surface area (TPSA) is 49.3 Å². The number of guanidine groups is 1. The Bertz CT molecular complexity index is 386. The van der Waals surface area contributed by atoms with Gasteiger partial charge in [-0.2, -0.15) is 0 Å². The number of ether oxygens (including phenoxy) is 2. The fourth-order valence-electron chi connectivity index (χ4n) is 3.14. The average Bonchev–Trinajstić information content (AvgIpc) is 3.45. The Balaban J connectivity index is 0.00000338. The van der Waals surface area contributed by atoms with Gasteiger partial charge < -0.3 is 24.6 Å². The Kier molecular flexibility index (Phi) is 12.8. The summed E-state index contributed by atoms with van der Waals surface area (Å²) in [6.45, 7) is 10.8.